The van der Waals surface area contributed by atoms with E-state index in [-0.39, 0.29) is 0 Å². The van der Waals surface area contributed by atoms with Gasteiger partial charge in [-0.2, -0.15) is 0 Å². The van der Waals surface area contributed by atoms with E-state index < -0.39 is 0 Å². The highest BCUT2D eigenvalue weighted by atomic mass is 32.1. The molecule has 0 unspecified atom stereocenters. The van der Waals surface area contributed by atoms with Crippen molar-refractivity contribution in [2.75, 3.05) is 6.54 Å². The van der Waals surface area contributed by atoms with Crippen LogP contribution in [0.25, 0.3) is 0 Å². The van der Waals surface area contributed by atoms with E-state index in [9.17, 15) is 0 Å². The number of aliphatic imine (C=N–C) groups is 1. The third-order valence-electron chi connectivity index (χ3n) is 0.717. The summed E-state index contributed by atoms with van der Waals surface area (Å²) in [4.78, 5) is 4.28. The van der Waals surface area contributed by atoms with Crippen molar-refractivity contribution in [2.45, 2.75) is 13.3 Å². The number of nitrogens with two attached hydrogens (primary N) is 2. The molecule has 0 saturated heterocycles. The lowest BCUT2D eigenvalue weighted by atomic mass is 10.4. The van der Waals surface area contributed by atoms with Gasteiger partial charge in [0, 0.05) is 6.54 Å². The van der Waals surface area contributed by atoms with Gasteiger partial charge >= 0.3 is 0 Å². The lowest BCUT2D eigenvalue weighted by molar-refractivity contribution is 1.11. The molecular weight excluding hydrogens is 134 g/mol. The Labute approximate surface area is 60.1 Å². The molecule has 0 aliphatic rings. The molecule has 0 aliphatic heterocycles. The third kappa shape index (κ3) is 5.23. The van der Waals surface area contributed by atoms with E-state index in [1.165, 1.54) is 0 Å². The molecule has 0 atom stereocenters. The fourth-order valence-corrected chi connectivity index (χ4v) is 0.585. The third-order valence-corrected chi connectivity index (χ3v) is 0.861. The molecule has 4 N–H and O–H groups in total. The van der Waals surface area contributed by atoms with Gasteiger partial charge in [-0.15, -0.1) is 0 Å². The first-order valence-electron chi connectivity index (χ1n) is 2.74. The number of rotatable bonds is 3. The molecule has 0 aromatic rings. The fourth-order valence-electron chi connectivity index (χ4n) is 0.438. The standard InChI is InChI=1S/C5H11N3S/c1-2-8-4(6)3-5(7)9/h2-3H2,1H3,(H2,6,8)(H2,7,9). The van der Waals surface area contributed by atoms with Crippen molar-refractivity contribution in [3.05, 3.63) is 0 Å². The summed E-state index contributed by atoms with van der Waals surface area (Å²) in [5, 5.41) is 0. The molecule has 0 spiro atoms. The van der Waals surface area contributed by atoms with Gasteiger partial charge in [0.25, 0.3) is 0 Å². The lowest BCUT2D eigenvalue weighted by Crippen LogP contribution is -2.20. The predicted molar refractivity (Wildman–Crippen MR) is 43.6 cm³/mol. The first-order valence-corrected chi connectivity index (χ1v) is 3.14. The fraction of sp³-hybridized carbons (Fsp3) is 0.600. The van der Waals surface area contributed by atoms with Crippen molar-refractivity contribution in [3.63, 3.8) is 0 Å². The molecule has 3 nitrogen and oxygen atoms in total. The van der Waals surface area contributed by atoms with Crippen LogP contribution < -0.4 is 11.5 Å². The van der Waals surface area contributed by atoms with Crippen LogP contribution in [0.15, 0.2) is 4.99 Å². The number of nitrogens with zero attached hydrogens (tertiary/aromatic N) is 1. The van der Waals surface area contributed by atoms with E-state index in [0.717, 1.165) is 0 Å². The summed E-state index contributed by atoms with van der Waals surface area (Å²) in [5.74, 6) is 0.519. The molecule has 0 bridgehead atoms. The smallest absolute Gasteiger partial charge is 0.100 e. The maximum absolute atomic E-state index is 5.37. The second kappa shape index (κ2) is 4.26. The lowest BCUT2D eigenvalue weighted by Gasteiger charge is -1.95. The highest BCUT2D eigenvalue weighted by molar-refractivity contribution is 7.80. The minimum atomic E-state index is 0.393. The number of amidine groups is 1. The average Bonchev–Trinajstić information content (AvgIpc) is 1.63. The Balaban J connectivity index is 3.62. The van der Waals surface area contributed by atoms with Gasteiger partial charge in [0.2, 0.25) is 0 Å². The van der Waals surface area contributed by atoms with Crippen LogP contribution in [0.2, 0.25) is 0 Å². The number of hydrogen-bond donors (Lipinski definition) is 2. The van der Waals surface area contributed by atoms with Crippen LogP contribution in [0, 0.1) is 0 Å². The van der Waals surface area contributed by atoms with Crippen molar-refractivity contribution in [2.24, 2.45) is 16.5 Å². The number of thiocarbonyl (C=S) groups is 1. The molecule has 0 heterocycles. The van der Waals surface area contributed by atoms with E-state index in [1.807, 2.05) is 6.92 Å². The monoisotopic (exact) mass is 145 g/mol. The zero-order valence-electron chi connectivity index (χ0n) is 5.42. The van der Waals surface area contributed by atoms with Crippen LogP contribution in [0.3, 0.4) is 0 Å². The van der Waals surface area contributed by atoms with E-state index in [2.05, 4.69) is 17.2 Å². The molecule has 0 rings (SSSR count). The summed E-state index contributed by atoms with van der Waals surface area (Å²) in [6.07, 6.45) is 0.434. The summed E-state index contributed by atoms with van der Waals surface area (Å²) in [6, 6.07) is 0. The second-order valence-corrected chi connectivity index (χ2v) is 2.13. The van der Waals surface area contributed by atoms with Crippen LogP contribution in [0.5, 0.6) is 0 Å². The van der Waals surface area contributed by atoms with Gasteiger partial charge in [-0.1, -0.05) is 12.2 Å². The summed E-state index contributed by atoms with van der Waals surface area (Å²) in [5.41, 5.74) is 10.6. The molecule has 0 fully saturated rings. The maximum Gasteiger partial charge on any atom is 0.100 e. The predicted octanol–water partition coefficient (Wildman–Crippen LogP) is 0.0397. The van der Waals surface area contributed by atoms with Crippen LogP contribution in [0.1, 0.15) is 13.3 Å². The van der Waals surface area contributed by atoms with E-state index in [0.29, 0.717) is 23.8 Å². The Hall–Kier alpha value is -0.640. The van der Waals surface area contributed by atoms with Crippen molar-refractivity contribution < 1.29 is 0 Å². The van der Waals surface area contributed by atoms with Crippen LogP contribution in [0.4, 0.5) is 0 Å². The van der Waals surface area contributed by atoms with E-state index >= 15 is 0 Å². The molecule has 52 valence electrons. The largest absolute Gasteiger partial charge is 0.393 e. The first-order chi connectivity index (χ1) is 4.16. The van der Waals surface area contributed by atoms with Gasteiger partial charge in [-0.05, 0) is 6.92 Å². The summed E-state index contributed by atoms with van der Waals surface area (Å²) >= 11 is 4.60. The van der Waals surface area contributed by atoms with Gasteiger partial charge in [-0.25, -0.2) is 0 Å². The summed E-state index contributed by atoms with van der Waals surface area (Å²) in [7, 11) is 0. The highest BCUT2D eigenvalue weighted by Crippen LogP contribution is 1.80. The average molecular weight is 145 g/mol. The zero-order valence-corrected chi connectivity index (χ0v) is 6.24. The molecule has 0 radical (unpaired) electrons. The zero-order chi connectivity index (χ0) is 7.28. The van der Waals surface area contributed by atoms with Gasteiger partial charge < -0.3 is 11.5 Å². The van der Waals surface area contributed by atoms with Gasteiger partial charge in [0.05, 0.1) is 11.4 Å². The minimum Gasteiger partial charge on any atom is -0.393 e. The molecular formula is C5H11N3S. The Bertz CT molecular complexity index is 130. The first kappa shape index (κ1) is 8.36. The van der Waals surface area contributed by atoms with Gasteiger partial charge in [0.1, 0.15) is 5.84 Å². The Morgan fingerprint density at radius 2 is 2.11 bits per heavy atom. The second-order valence-electron chi connectivity index (χ2n) is 1.61. The van der Waals surface area contributed by atoms with Crippen LogP contribution in [-0.4, -0.2) is 17.4 Å². The SMILES string of the molecule is CCN=C(N)CC(N)=S. The molecule has 0 aromatic carbocycles. The van der Waals surface area contributed by atoms with Crippen LogP contribution >= 0.6 is 12.2 Å². The summed E-state index contributed by atoms with van der Waals surface area (Å²) < 4.78 is 0. The van der Waals surface area contributed by atoms with Gasteiger partial charge in [0.15, 0.2) is 0 Å². The quantitative estimate of drug-likeness (QED) is 0.335. The molecule has 0 saturated carbocycles. The van der Waals surface area contributed by atoms with Crippen molar-refractivity contribution in [1.29, 1.82) is 0 Å². The van der Waals surface area contributed by atoms with Crippen molar-refractivity contribution >= 4 is 23.0 Å². The maximum atomic E-state index is 5.37. The van der Waals surface area contributed by atoms with Crippen molar-refractivity contribution in [1.82, 2.24) is 0 Å². The molecule has 9 heavy (non-hydrogen) atoms. The minimum absolute atomic E-state index is 0.393. The number of hydrogen-bond acceptors (Lipinski definition) is 2. The Morgan fingerprint density at radius 1 is 1.56 bits per heavy atom. The topological polar surface area (TPSA) is 64.4 Å². The molecule has 0 aliphatic carbocycles. The van der Waals surface area contributed by atoms with Gasteiger partial charge in [-0.3, -0.25) is 4.99 Å². The van der Waals surface area contributed by atoms with Crippen LogP contribution in [-0.2, 0) is 0 Å². The molecule has 4 heteroatoms. The van der Waals surface area contributed by atoms with E-state index in [1.54, 1.807) is 0 Å². The summed E-state index contributed by atoms with van der Waals surface area (Å²) in [6.45, 7) is 2.60. The normalized spacial score (nSPS) is 11.4. The highest BCUT2D eigenvalue weighted by Gasteiger charge is 1.91. The molecule has 0 aromatic heterocycles. The Morgan fingerprint density at radius 3 is 2.44 bits per heavy atom. The van der Waals surface area contributed by atoms with Crippen molar-refractivity contribution in [3.8, 4) is 0 Å². The Kier molecular flexibility index (Phi) is 3.96. The molecule has 0 amide bonds. The van der Waals surface area contributed by atoms with E-state index in [4.69, 9.17) is 11.5 Å².